The molecule has 2 heterocycles. The number of rotatable bonds is 2. The van der Waals surface area contributed by atoms with Gasteiger partial charge in [0, 0.05) is 12.2 Å². The summed E-state index contributed by atoms with van der Waals surface area (Å²) < 4.78 is 13.3. The van der Waals surface area contributed by atoms with Crippen LogP contribution in [-0.2, 0) is 0 Å². The highest BCUT2D eigenvalue weighted by Crippen LogP contribution is 2.08. The van der Waals surface area contributed by atoms with Gasteiger partial charge in [-0.3, -0.25) is 9.78 Å². The van der Waals surface area contributed by atoms with E-state index in [2.05, 4.69) is 15.6 Å². The summed E-state index contributed by atoms with van der Waals surface area (Å²) in [5.74, 6) is -0.923. The third-order valence-electron chi connectivity index (χ3n) is 2.93. The molecule has 1 saturated heterocycles. The highest BCUT2D eigenvalue weighted by molar-refractivity contribution is 5.94. The number of pyridine rings is 1. The molecule has 0 saturated carbocycles. The maximum Gasteiger partial charge on any atom is 0.254 e. The molecule has 17 heavy (non-hydrogen) atoms. The molecule has 2 N–H and O–H groups in total. The average molecular weight is 237 g/mol. The van der Waals surface area contributed by atoms with Crippen molar-refractivity contribution in [1.82, 2.24) is 15.6 Å². The first-order valence-corrected chi connectivity index (χ1v) is 5.88. The Morgan fingerprint density at radius 2 is 2.35 bits per heavy atom. The minimum absolute atomic E-state index is 0.0669. The van der Waals surface area contributed by atoms with Crippen LogP contribution in [0, 0.1) is 5.82 Å². The van der Waals surface area contributed by atoms with Crippen molar-refractivity contribution >= 4 is 5.91 Å². The molecule has 1 aliphatic rings. The molecule has 0 aliphatic carbocycles. The van der Waals surface area contributed by atoms with Crippen molar-refractivity contribution in [2.45, 2.75) is 25.3 Å². The first-order valence-electron chi connectivity index (χ1n) is 5.88. The lowest BCUT2D eigenvalue weighted by Crippen LogP contribution is -2.35. The quantitative estimate of drug-likeness (QED) is 0.809. The Bertz CT molecular complexity index is 389. The Kier molecular flexibility index (Phi) is 4.03. The van der Waals surface area contributed by atoms with Crippen LogP contribution in [-0.4, -0.2) is 30.0 Å². The van der Waals surface area contributed by atoms with Crippen molar-refractivity contribution in [1.29, 1.82) is 0 Å². The number of carbonyl (C=O) groups is 1. The molecule has 0 radical (unpaired) electrons. The van der Waals surface area contributed by atoms with Crippen LogP contribution < -0.4 is 10.6 Å². The van der Waals surface area contributed by atoms with E-state index in [1.807, 2.05) is 0 Å². The van der Waals surface area contributed by atoms with Crippen LogP contribution >= 0.6 is 0 Å². The van der Waals surface area contributed by atoms with Crippen molar-refractivity contribution in [3.05, 3.63) is 29.8 Å². The topological polar surface area (TPSA) is 54.0 Å². The number of aromatic nitrogens is 1. The molecule has 1 aromatic heterocycles. The van der Waals surface area contributed by atoms with Crippen LogP contribution in [0.25, 0.3) is 0 Å². The summed E-state index contributed by atoms with van der Waals surface area (Å²) in [5, 5.41) is 6.14. The van der Waals surface area contributed by atoms with E-state index in [9.17, 15) is 9.18 Å². The first-order chi connectivity index (χ1) is 8.27. The Labute approximate surface area is 99.6 Å². The monoisotopic (exact) mass is 237 g/mol. The molecular formula is C12H16FN3O. The standard InChI is InChI=1S/C12H16FN3O/c13-11-8-15-7-4-10(11)12(17)16-9-2-1-5-14-6-3-9/h4,7-9,14H,1-3,5-6H2,(H,16,17). The van der Waals surface area contributed by atoms with Crippen LogP contribution in [0.5, 0.6) is 0 Å². The number of nitrogens with zero attached hydrogens (tertiary/aromatic N) is 1. The Hall–Kier alpha value is -1.49. The summed E-state index contributed by atoms with van der Waals surface area (Å²) in [6.07, 6.45) is 5.34. The summed E-state index contributed by atoms with van der Waals surface area (Å²) in [6, 6.07) is 1.53. The molecule has 4 nitrogen and oxygen atoms in total. The van der Waals surface area contributed by atoms with Gasteiger partial charge in [0.25, 0.3) is 5.91 Å². The van der Waals surface area contributed by atoms with Gasteiger partial charge < -0.3 is 10.6 Å². The van der Waals surface area contributed by atoms with Gasteiger partial charge in [0.2, 0.25) is 0 Å². The smallest absolute Gasteiger partial charge is 0.254 e. The molecule has 1 amide bonds. The lowest BCUT2D eigenvalue weighted by Gasteiger charge is -2.15. The third kappa shape index (κ3) is 3.23. The second-order valence-electron chi connectivity index (χ2n) is 4.21. The Morgan fingerprint density at radius 1 is 1.47 bits per heavy atom. The van der Waals surface area contributed by atoms with Gasteiger partial charge in [0.15, 0.2) is 5.82 Å². The SMILES string of the molecule is O=C(NC1CCCNCC1)c1ccncc1F. The lowest BCUT2D eigenvalue weighted by atomic mass is 10.1. The van der Waals surface area contributed by atoms with Crippen molar-refractivity contribution in [2.75, 3.05) is 13.1 Å². The van der Waals surface area contributed by atoms with E-state index >= 15 is 0 Å². The molecule has 1 fully saturated rings. The zero-order chi connectivity index (χ0) is 12.1. The van der Waals surface area contributed by atoms with Gasteiger partial charge in [0.1, 0.15) is 0 Å². The largest absolute Gasteiger partial charge is 0.349 e. The molecule has 92 valence electrons. The third-order valence-corrected chi connectivity index (χ3v) is 2.93. The fourth-order valence-electron chi connectivity index (χ4n) is 1.99. The van der Waals surface area contributed by atoms with Crippen LogP contribution in [0.1, 0.15) is 29.6 Å². The van der Waals surface area contributed by atoms with E-state index in [-0.39, 0.29) is 17.5 Å². The molecule has 0 bridgehead atoms. The molecule has 0 aromatic carbocycles. The van der Waals surface area contributed by atoms with Gasteiger partial charge in [-0.2, -0.15) is 0 Å². The van der Waals surface area contributed by atoms with E-state index in [0.717, 1.165) is 38.5 Å². The maximum absolute atomic E-state index is 13.3. The lowest BCUT2D eigenvalue weighted by molar-refractivity contribution is 0.0930. The number of hydrogen-bond acceptors (Lipinski definition) is 3. The van der Waals surface area contributed by atoms with E-state index in [1.165, 1.54) is 12.3 Å². The van der Waals surface area contributed by atoms with Crippen molar-refractivity contribution in [3.63, 3.8) is 0 Å². The number of amides is 1. The first kappa shape index (κ1) is 12.0. The van der Waals surface area contributed by atoms with Crippen LogP contribution in [0.2, 0.25) is 0 Å². The van der Waals surface area contributed by atoms with Crippen molar-refractivity contribution in [3.8, 4) is 0 Å². The number of hydrogen-bond donors (Lipinski definition) is 2. The predicted octanol–water partition coefficient (Wildman–Crippen LogP) is 1.09. The van der Waals surface area contributed by atoms with Gasteiger partial charge in [-0.15, -0.1) is 0 Å². The van der Waals surface area contributed by atoms with Gasteiger partial charge in [-0.25, -0.2) is 4.39 Å². The predicted molar refractivity (Wildman–Crippen MR) is 62.2 cm³/mol. The maximum atomic E-state index is 13.3. The van der Waals surface area contributed by atoms with Gasteiger partial charge in [-0.05, 0) is 38.4 Å². The average Bonchev–Trinajstić information content (AvgIpc) is 2.58. The summed E-state index contributed by atoms with van der Waals surface area (Å²) in [4.78, 5) is 15.5. The summed E-state index contributed by atoms with van der Waals surface area (Å²) >= 11 is 0. The summed E-state index contributed by atoms with van der Waals surface area (Å²) in [5.41, 5.74) is 0.0669. The molecule has 0 spiro atoms. The Balaban J connectivity index is 1.98. The molecule has 1 aromatic rings. The van der Waals surface area contributed by atoms with E-state index < -0.39 is 5.82 Å². The van der Waals surface area contributed by atoms with Crippen LogP contribution in [0.4, 0.5) is 4.39 Å². The van der Waals surface area contributed by atoms with Crippen LogP contribution in [0.3, 0.4) is 0 Å². The fraction of sp³-hybridized carbons (Fsp3) is 0.500. The molecule has 1 unspecified atom stereocenters. The molecular weight excluding hydrogens is 221 g/mol. The fourth-order valence-corrected chi connectivity index (χ4v) is 1.99. The minimum Gasteiger partial charge on any atom is -0.349 e. The van der Waals surface area contributed by atoms with Gasteiger partial charge >= 0.3 is 0 Å². The molecule has 1 atom stereocenters. The van der Waals surface area contributed by atoms with Crippen molar-refractivity contribution in [2.24, 2.45) is 0 Å². The highest BCUT2D eigenvalue weighted by Gasteiger charge is 2.17. The van der Waals surface area contributed by atoms with Crippen LogP contribution in [0.15, 0.2) is 18.5 Å². The van der Waals surface area contributed by atoms with E-state index in [1.54, 1.807) is 0 Å². The molecule has 2 rings (SSSR count). The van der Waals surface area contributed by atoms with E-state index in [0.29, 0.717) is 0 Å². The highest BCUT2D eigenvalue weighted by atomic mass is 19.1. The second kappa shape index (κ2) is 5.72. The van der Waals surface area contributed by atoms with Gasteiger partial charge in [-0.1, -0.05) is 0 Å². The Morgan fingerprint density at radius 3 is 3.18 bits per heavy atom. The van der Waals surface area contributed by atoms with Gasteiger partial charge in [0.05, 0.1) is 11.8 Å². The molecule has 5 heteroatoms. The molecule has 1 aliphatic heterocycles. The van der Waals surface area contributed by atoms with Crippen molar-refractivity contribution < 1.29 is 9.18 Å². The summed E-state index contributed by atoms with van der Waals surface area (Å²) in [7, 11) is 0. The van der Waals surface area contributed by atoms with E-state index in [4.69, 9.17) is 0 Å². The normalized spacial score (nSPS) is 20.6. The zero-order valence-electron chi connectivity index (χ0n) is 9.58. The number of nitrogens with one attached hydrogen (secondary N) is 2. The number of halogens is 1. The summed E-state index contributed by atoms with van der Waals surface area (Å²) in [6.45, 7) is 1.87. The minimum atomic E-state index is -0.572. The zero-order valence-corrected chi connectivity index (χ0v) is 9.58. The second-order valence-corrected chi connectivity index (χ2v) is 4.21. The number of carbonyl (C=O) groups excluding carboxylic acids is 1.